The molecule has 84 valence electrons. The third-order valence-electron chi connectivity index (χ3n) is 4.90. The van der Waals surface area contributed by atoms with Crippen LogP contribution < -0.4 is 5.32 Å². The molecule has 0 aromatic heterocycles. The van der Waals surface area contributed by atoms with Gasteiger partial charge in [0.05, 0.1) is 0 Å². The molecule has 2 bridgehead atoms. The van der Waals surface area contributed by atoms with Crippen molar-refractivity contribution in [2.45, 2.75) is 31.3 Å². The van der Waals surface area contributed by atoms with Crippen molar-refractivity contribution in [2.24, 2.45) is 17.3 Å². The molecule has 1 saturated heterocycles. The van der Waals surface area contributed by atoms with Crippen LogP contribution in [-0.4, -0.2) is 34.9 Å². The Bertz CT molecular complexity index is 313. The van der Waals surface area contributed by atoms with Crippen molar-refractivity contribution in [3.8, 4) is 0 Å². The largest absolute Gasteiger partial charge is 0.481 e. The SMILES string of the molecule is O=C(O)C1(C2(O)CNC2)CC2CCC1C2. The van der Waals surface area contributed by atoms with Crippen molar-refractivity contribution >= 4 is 5.97 Å². The summed E-state index contributed by atoms with van der Waals surface area (Å²) in [6.07, 6.45) is 3.84. The zero-order valence-corrected chi connectivity index (χ0v) is 8.70. The molecule has 0 spiro atoms. The number of rotatable bonds is 2. The van der Waals surface area contributed by atoms with E-state index in [4.69, 9.17) is 0 Å². The molecule has 0 amide bonds. The number of hydrogen-bond acceptors (Lipinski definition) is 3. The van der Waals surface area contributed by atoms with Crippen molar-refractivity contribution < 1.29 is 15.0 Å². The van der Waals surface area contributed by atoms with Gasteiger partial charge in [-0.05, 0) is 31.1 Å². The Labute approximate surface area is 88.7 Å². The molecule has 3 unspecified atom stereocenters. The van der Waals surface area contributed by atoms with E-state index in [-0.39, 0.29) is 5.92 Å². The van der Waals surface area contributed by atoms with Crippen molar-refractivity contribution in [1.82, 2.24) is 5.32 Å². The molecule has 4 heteroatoms. The fourth-order valence-corrected chi connectivity index (χ4v) is 4.04. The second-order valence-corrected chi connectivity index (χ2v) is 5.49. The van der Waals surface area contributed by atoms with Crippen LogP contribution >= 0.6 is 0 Å². The van der Waals surface area contributed by atoms with E-state index in [9.17, 15) is 15.0 Å². The first-order valence-corrected chi connectivity index (χ1v) is 5.75. The number of aliphatic hydroxyl groups is 1. The smallest absolute Gasteiger partial charge is 0.312 e. The van der Waals surface area contributed by atoms with E-state index in [2.05, 4.69) is 5.32 Å². The van der Waals surface area contributed by atoms with Crippen molar-refractivity contribution in [3.63, 3.8) is 0 Å². The van der Waals surface area contributed by atoms with Gasteiger partial charge >= 0.3 is 5.97 Å². The Morgan fingerprint density at radius 1 is 1.33 bits per heavy atom. The summed E-state index contributed by atoms with van der Waals surface area (Å²) in [4.78, 5) is 11.6. The predicted molar refractivity (Wildman–Crippen MR) is 53.3 cm³/mol. The van der Waals surface area contributed by atoms with Crippen molar-refractivity contribution in [2.75, 3.05) is 13.1 Å². The molecule has 3 N–H and O–H groups in total. The minimum Gasteiger partial charge on any atom is -0.481 e. The molecule has 0 aromatic rings. The average Bonchev–Trinajstić information content (AvgIpc) is 2.73. The molecule has 2 saturated carbocycles. The maximum absolute atomic E-state index is 11.6. The van der Waals surface area contributed by atoms with Crippen LogP contribution in [-0.2, 0) is 4.79 Å². The Balaban J connectivity index is 2.00. The summed E-state index contributed by atoms with van der Waals surface area (Å²) in [5.74, 6) is -0.0403. The minimum atomic E-state index is -0.987. The Morgan fingerprint density at radius 3 is 2.40 bits per heavy atom. The highest BCUT2D eigenvalue weighted by atomic mass is 16.4. The van der Waals surface area contributed by atoms with Crippen LogP contribution in [0.25, 0.3) is 0 Å². The second-order valence-electron chi connectivity index (χ2n) is 5.49. The van der Waals surface area contributed by atoms with Gasteiger partial charge in [-0.3, -0.25) is 4.79 Å². The number of hydrogen-bond donors (Lipinski definition) is 3. The van der Waals surface area contributed by atoms with Gasteiger partial charge in [0.25, 0.3) is 0 Å². The highest BCUT2D eigenvalue weighted by Gasteiger charge is 2.67. The summed E-state index contributed by atoms with van der Waals surface area (Å²) in [6.45, 7) is 0.894. The summed E-state index contributed by atoms with van der Waals surface area (Å²) >= 11 is 0. The van der Waals surface area contributed by atoms with Gasteiger partial charge in [-0.25, -0.2) is 0 Å². The van der Waals surface area contributed by atoms with Crippen LogP contribution in [0, 0.1) is 17.3 Å². The van der Waals surface area contributed by atoms with Crippen LogP contribution in [0.5, 0.6) is 0 Å². The van der Waals surface area contributed by atoms with Gasteiger partial charge in [-0.15, -0.1) is 0 Å². The summed E-state index contributed by atoms with van der Waals surface area (Å²) in [7, 11) is 0. The minimum absolute atomic E-state index is 0.201. The normalized spacial score (nSPS) is 46.5. The topological polar surface area (TPSA) is 69.6 Å². The maximum atomic E-state index is 11.6. The Kier molecular flexibility index (Phi) is 1.75. The van der Waals surface area contributed by atoms with E-state index in [1.165, 1.54) is 0 Å². The molecular weight excluding hydrogens is 194 g/mol. The molecule has 15 heavy (non-hydrogen) atoms. The lowest BCUT2D eigenvalue weighted by Crippen LogP contribution is -2.72. The van der Waals surface area contributed by atoms with Crippen LogP contribution in [0.4, 0.5) is 0 Å². The van der Waals surface area contributed by atoms with Gasteiger partial charge in [0, 0.05) is 13.1 Å². The average molecular weight is 211 g/mol. The zero-order valence-electron chi connectivity index (χ0n) is 8.70. The number of aliphatic carboxylic acids is 1. The highest BCUT2D eigenvalue weighted by molar-refractivity contribution is 5.78. The van der Waals surface area contributed by atoms with Gasteiger partial charge in [-0.2, -0.15) is 0 Å². The number of carboxylic acid groups (broad SMARTS) is 1. The number of β-amino-alcohol motifs (C(OH)–C–C–N with tert-alkyl or cyclic N) is 1. The molecule has 3 rings (SSSR count). The third-order valence-corrected chi connectivity index (χ3v) is 4.90. The molecule has 3 fully saturated rings. The summed E-state index contributed by atoms with van der Waals surface area (Å²) in [6, 6.07) is 0. The molecule has 3 aliphatic rings. The molecule has 4 nitrogen and oxygen atoms in total. The first-order valence-electron chi connectivity index (χ1n) is 5.75. The molecule has 1 aliphatic heterocycles. The van der Waals surface area contributed by atoms with Gasteiger partial charge < -0.3 is 15.5 Å². The zero-order chi connectivity index (χ0) is 10.7. The first-order chi connectivity index (χ1) is 7.08. The fraction of sp³-hybridized carbons (Fsp3) is 0.909. The summed E-state index contributed by atoms with van der Waals surface area (Å²) in [5.41, 5.74) is -1.83. The van der Waals surface area contributed by atoms with Crippen LogP contribution in [0.1, 0.15) is 25.7 Å². The lowest BCUT2D eigenvalue weighted by atomic mass is 9.60. The molecule has 0 radical (unpaired) electrons. The maximum Gasteiger partial charge on any atom is 0.312 e. The lowest BCUT2D eigenvalue weighted by Gasteiger charge is -2.52. The van der Waals surface area contributed by atoms with Gasteiger partial charge in [0.15, 0.2) is 0 Å². The third kappa shape index (κ3) is 0.967. The molecular formula is C11H17NO3. The highest BCUT2D eigenvalue weighted by Crippen LogP contribution is 2.61. The molecule has 3 atom stereocenters. The van der Waals surface area contributed by atoms with Gasteiger partial charge in [0.2, 0.25) is 0 Å². The second kappa shape index (κ2) is 2.74. The number of carbonyl (C=O) groups is 1. The van der Waals surface area contributed by atoms with Gasteiger partial charge in [0.1, 0.15) is 11.0 Å². The van der Waals surface area contributed by atoms with Crippen LogP contribution in [0.3, 0.4) is 0 Å². The van der Waals surface area contributed by atoms with Gasteiger partial charge in [-0.1, -0.05) is 6.42 Å². The van der Waals surface area contributed by atoms with E-state index in [1.54, 1.807) is 0 Å². The Morgan fingerprint density at radius 2 is 2.07 bits per heavy atom. The number of carboxylic acids is 1. The fourth-order valence-electron chi connectivity index (χ4n) is 4.04. The van der Waals surface area contributed by atoms with Crippen molar-refractivity contribution in [3.05, 3.63) is 0 Å². The summed E-state index contributed by atoms with van der Waals surface area (Å²) < 4.78 is 0. The van der Waals surface area contributed by atoms with E-state index < -0.39 is 17.0 Å². The number of fused-ring (bicyclic) bond motifs is 2. The predicted octanol–water partition coefficient (Wildman–Crippen LogP) is 0.212. The van der Waals surface area contributed by atoms with Crippen LogP contribution in [0.2, 0.25) is 0 Å². The lowest BCUT2D eigenvalue weighted by molar-refractivity contribution is -0.188. The van der Waals surface area contributed by atoms with Crippen molar-refractivity contribution in [1.29, 1.82) is 0 Å². The first kappa shape index (κ1) is 9.60. The monoisotopic (exact) mass is 211 g/mol. The Hall–Kier alpha value is -0.610. The quantitative estimate of drug-likeness (QED) is 0.611. The molecule has 0 aromatic carbocycles. The molecule has 2 aliphatic carbocycles. The van der Waals surface area contributed by atoms with E-state index in [1.807, 2.05) is 0 Å². The number of nitrogens with one attached hydrogen (secondary N) is 1. The van der Waals surface area contributed by atoms with E-state index in [0.717, 1.165) is 19.3 Å². The van der Waals surface area contributed by atoms with E-state index >= 15 is 0 Å². The summed E-state index contributed by atoms with van der Waals surface area (Å²) in [5, 5.41) is 22.9. The standard InChI is InChI=1S/C11H17NO3/c13-9(14)11(10(15)5-12-6-10)4-7-1-2-8(11)3-7/h7-8,12,15H,1-6H2,(H,13,14). The van der Waals surface area contributed by atoms with Crippen LogP contribution in [0.15, 0.2) is 0 Å². The molecule has 1 heterocycles. The van der Waals surface area contributed by atoms with E-state index in [0.29, 0.717) is 25.4 Å².